The zero-order chi connectivity index (χ0) is 13.0. The summed E-state index contributed by atoms with van der Waals surface area (Å²) in [5, 5.41) is 18.1. The Morgan fingerprint density at radius 1 is 1.44 bits per heavy atom. The second kappa shape index (κ2) is 6.29. The Hall–Kier alpha value is -0.940. The molecule has 0 spiro atoms. The van der Waals surface area contributed by atoms with Crippen molar-refractivity contribution in [1.82, 2.24) is 19.9 Å². The molecule has 2 rings (SSSR count). The van der Waals surface area contributed by atoms with Crippen LogP contribution < -0.4 is 0 Å². The molecule has 1 saturated carbocycles. The molecule has 0 amide bonds. The van der Waals surface area contributed by atoms with Crippen LogP contribution in [0.4, 0.5) is 0 Å². The maximum absolute atomic E-state index is 9.94. The van der Waals surface area contributed by atoms with Crippen LogP contribution in [0.2, 0.25) is 0 Å². The minimum atomic E-state index is -0.401. The number of aliphatic hydroxyl groups excluding tert-OH is 1. The van der Waals surface area contributed by atoms with Crippen LogP contribution in [0.5, 0.6) is 0 Å². The first-order valence-electron chi connectivity index (χ1n) is 7.05. The van der Waals surface area contributed by atoms with Crippen molar-refractivity contribution in [1.29, 1.82) is 0 Å². The third-order valence-electron chi connectivity index (χ3n) is 3.68. The molecule has 0 bridgehead atoms. The van der Waals surface area contributed by atoms with Crippen molar-refractivity contribution in [2.75, 3.05) is 19.6 Å². The highest BCUT2D eigenvalue weighted by Gasteiger charge is 2.32. The van der Waals surface area contributed by atoms with Crippen molar-refractivity contribution < 1.29 is 5.11 Å². The third-order valence-corrected chi connectivity index (χ3v) is 3.68. The second-order valence-corrected chi connectivity index (χ2v) is 5.07. The molecule has 1 atom stereocenters. The molecule has 1 aliphatic carbocycles. The van der Waals surface area contributed by atoms with E-state index in [9.17, 15) is 5.11 Å². The minimum absolute atomic E-state index is 0.401. The van der Waals surface area contributed by atoms with E-state index in [2.05, 4.69) is 29.1 Å². The van der Waals surface area contributed by atoms with E-state index in [1.807, 2.05) is 10.9 Å². The smallest absolute Gasteiger partial charge is 0.111 e. The predicted molar refractivity (Wildman–Crippen MR) is 70.1 cm³/mol. The van der Waals surface area contributed by atoms with Crippen molar-refractivity contribution in [3.63, 3.8) is 0 Å². The van der Waals surface area contributed by atoms with Gasteiger partial charge >= 0.3 is 0 Å². The van der Waals surface area contributed by atoms with Crippen molar-refractivity contribution in [3.8, 4) is 0 Å². The van der Waals surface area contributed by atoms with Crippen LogP contribution in [0.3, 0.4) is 0 Å². The summed E-state index contributed by atoms with van der Waals surface area (Å²) in [6.07, 6.45) is 4.81. The average molecular weight is 252 g/mol. The lowest BCUT2D eigenvalue weighted by Gasteiger charge is -2.17. The number of aromatic nitrogens is 3. The molecule has 0 aliphatic heterocycles. The van der Waals surface area contributed by atoms with E-state index in [0.717, 1.165) is 51.1 Å². The van der Waals surface area contributed by atoms with E-state index in [0.29, 0.717) is 5.92 Å². The number of hydrogen-bond donors (Lipinski definition) is 1. The topological polar surface area (TPSA) is 54.2 Å². The average Bonchev–Trinajstić information content (AvgIpc) is 3.13. The van der Waals surface area contributed by atoms with Gasteiger partial charge in [0.25, 0.3) is 0 Å². The summed E-state index contributed by atoms with van der Waals surface area (Å²) >= 11 is 0. The van der Waals surface area contributed by atoms with Crippen molar-refractivity contribution in [2.24, 2.45) is 5.92 Å². The summed E-state index contributed by atoms with van der Waals surface area (Å²) in [4.78, 5) is 2.40. The molecule has 1 aliphatic rings. The first kappa shape index (κ1) is 13.5. The number of aliphatic hydroxyl groups is 1. The van der Waals surface area contributed by atoms with E-state index in [1.165, 1.54) is 0 Å². The molecule has 0 aromatic carbocycles. The van der Waals surface area contributed by atoms with Crippen LogP contribution in [-0.2, 0) is 6.54 Å². The van der Waals surface area contributed by atoms with E-state index in [4.69, 9.17) is 0 Å². The quantitative estimate of drug-likeness (QED) is 0.761. The van der Waals surface area contributed by atoms with Crippen LogP contribution >= 0.6 is 0 Å². The fourth-order valence-electron chi connectivity index (χ4n) is 2.21. The van der Waals surface area contributed by atoms with Crippen molar-refractivity contribution >= 4 is 0 Å². The summed E-state index contributed by atoms with van der Waals surface area (Å²) in [5.41, 5.74) is 0.736. The molecule has 1 heterocycles. The Labute approximate surface area is 109 Å². The Balaban J connectivity index is 1.76. The molecule has 1 N–H and O–H groups in total. The molecule has 5 nitrogen and oxygen atoms in total. The third kappa shape index (κ3) is 3.53. The van der Waals surface area contributed by atoms with Gasteiger partial charge in [-0.15, -0.1) is 5.10 Å². The molecule has 0 saturated heterocycles. The molecule has 1 aromatic heterocycles. The van der Waals surface area contributed by atoms with Gasteiger partial charge in [-0.2, -0.15) is 0 Å². The fourth-order valence-corrected chi connectivity index (χ4v) is 2.21. The largest absolute Gasteiger partial charge is 0.386 e. The van der Waals surface area contributed by atoms with Crippen molar-refractivity contribution in [2.45, 2.75) is 45.8 Å². The second-order valence-electron chi connectivity index (χ2n) is 5.07. The lowest BCUT2D eigenvalue weighted by Crippen LogP contribution is -2.24. The maximum Gasteiger partial charge on any atom is 0.111 e. The summed E-state index contributed by atoms with van der Waals surface area (Å²) in [6.45, 7) is 8.53. The summed E-state index contributed by atoms with van der Waals surface area (Å²) in [6, 6.07) is 0. The standard InChI is InChI=1S/C13H24N4O/c1-3-16(4-2)8-5-9-17-10-12(14-15-17)13(18)11-6-7-11/h10-11,13,18H,3-9H2,1-2H3. The number of nitrogens with zero attached hydrogens (tertiary/aromatic N) is 4. The van der Waals surface area contributed by atoms with E-state index < -0.39 is 6.10 Å². The Kier molecular flexibility index (Phi) is 4.72. The van der Waals surface area contributed by atoms with Crippen molar-refractivity contribution in [3.05, 3.63) is 11.9 Å². The van der Waals surface area contributed by atoms with Gasteiger partial charge in [0.1, 0.15) is 11.8 Å². The molecular formula is C13H24N4O. The van der Waals surface area contributed by atoms with Gasteiger partial charge in [-0.3, -0.25) is 4.68 Å². The highest BCUT2D eigenvalue weighted by atomic mass is 16.3. The molecule has 18 heavy (non-hydrogen) atoms. The molecule has 102 valence electrons. The van der Waals surface area contributed by atoms with E-state index in [-0.39, 0.29) is 0 Å². The Bertz CT molecular complexity index is 358. The summed E-state index contributed by atoms with van der Waals surface area (Å²) in [5.74, 6) is 0.422. The molecular weight excluding hydrogens is 228 g/mol. The van der Waals surface area contributed by atoms with Gasteiger partial charge in [0.05, 0.1) is 6.20 Å². The van der Waals surface area contributed by atoms with Gasteiger partial charge < -0.3 is 10.0 Å². The lowest BCUT2D eigenvalue weighted by atomic mass is 10.2. The molecule has 1 fully saturated rings. The zero-order valence-corrected chi connectivity index (χ0v) is 11.4. The molecule has 1 aromatic rings. The number of hydrogen-bond acceptors (Lipinski definition) is 4. The van der Waals surface area contributed by atoms with Crippen LogP contribution in [0.1, 0.15) is 44.9 Å². The normalized spacial score (nSPS) is 17.3. The fraction of sp³-hybridized carbons (Fsp3) is 0.846. The first-order chi connectivity index (χ1) is 8.74. The Morgan fingerprint density at radius 2 is 2.17 bits per heavy atom. The van der Waals surface area contributed by atoms with E-state index in [1.54, 1.807) is 0 Å². The van der Waals surface area contributed by atoms with Gasteiger partial charge in [-0.1, -0.05) is 19.1 Å². The zero-order valence-electron chi connectivity index (χ0n) is 11.4. The highest BCUT2D eigenvalue weighted by Crippen LogP contribution is 2.39. The van der Waals surface area contributed by atoms with Crippen LogP contribution in [0.15, 0.2) is 6.20 Å². The van der Waals surface area contributed by atoms with E-state index >= 15 is 0 Å². The van der Waals surface area contributed by atoms with Gasteiger partial charge in [0.15, 0.2) is 0 Å². The van der Waals surface area contributed by atoms with Crippen LogP contribution in [0, 0.1) is 5.92 Å². The SMILES string of the molecule is CCN(CC)CCCn1cc(C(O)C2CC2)nn1. The molecule has 1 unspecified atom stereocenters. The monoisotopic (exact) mass is 252 g/mol. The molecule has 0 radical (unpaired) electrons. The number of rotatable bonds is 8. The molecule has 5 heteroatoms. The van der Waals surface area contributed by atoms with Crippen LogP contribution in [-0.4, -0.2) is 44.6 Å². The van der Waals surface area contributed by atoms with Gasteiger partial charge in [-0.25, -0.2) is 0 Å². The minimum Gasteiger partial charge on any atom is -0.386 e. The summed E-state index contributed by atoms with van der Waals surface area (Å²) in [7, 11) is 0. The first-order valence-corrected chi connectivity index (χ1v) is 7.05. The highest BCUT2D eigenvalue weighted by molar-refractivity contribution is 5.02. The van der Waals surface area contributed by atoms with Gasteiger partial charge in [0, 0.05) is 6.54 Å². The maximum atomic E-state index is 9.94. The van der Waals surface area contributed by atoms with Crippen LogP contribution in [0.25, 0.3) is 0 Å². The van der Waals surface area contributed by atoms with Gasteiger partial charge in [0.2, 0.25) is 0 Å². The number of aryl methyl sites for hydroxylation is 1. The lowest BCUT2D eigenvalue weighted by molar-refractivity contribution is 0.149. The summed E-state index contributed by atoms with van der Waals surface area (Å²) < 4.78 is 1.85. The van der Waals surface area contributed by atoms with Gasteiger partial charge in [-0.05, 0) is 44.8 Å². The predicted octanol–water partition coefficient (Wildman–Crippen LogP) is 1.45. The Morgan fingerprint density at radius 3 is 2.78 bits per heavy atom.